The second-order valence-corrected chi connectivity index (χ2v) is 5.14. The molecule has 0 spiro atoms. The van der Waals surface area contributed by atoms with Crippen LogP contribution in [0.2, 0.25) is 0 Å². The SMILES string of the molecule is CCC(C)(CCCl)NC(=O)c1cc([N+](=O)[O-])cn1C. The number of carbonyl (C=O) groups excluding carboxylic acids is 1. The molecule has 0 radical (unpaired) electrons. The number of nitrogens with one attached hydrogen (secondary N) is 1. The summed E-state index contributed by atoms with van der Waals surface area (Å²) < 4.78 is 1.45. The number of amides is 1. The van der Waals surface area contributed by atoms with E-state index in [2.05, 4.69) is 5.32 Å². The second-order valence-electron chi connectivity index (χ2n) is 4.76. The molecule has 6 nitrogen and oxygen atoms in total. The smallest absolute Gasteiger partial charge is 0.287 e. The largest absolute Gasteiger partial charge is 0.346 e. The van der Waals surface area contributed by atoms with E-state index in [1.165, 1.54) is 16.8 Å². The maximum Gasteiger partial charge on any atom is 0.287 e. The fourth-order valence-corrected chi connectivity index (χ4v) is 2.16. The highest BCUT2D eigenvalue weighted by molar-refractivity contribution is 6.17. The van der Waals surface area contributed by atoms with Crippen molar-refractivity contribution >= 4 is 23.2 Å². The summed E-state index contributed by atoms with van der Waals surface area (Å²) in [5, 5.41) is 13.6. The molecule has 1 unspecified atom stereocenters. The molecule has 1 N–H and O–H groups in total. The van der Waals surface area contributed by atoms with Crippen molar-refractivity contribution in [3.05, 3.63) is 28.1 Å². The number of hydrogen-bond donors (Lipinski definition) is 1. The van der Waals surface area contributed by atoms with E-state index >= 15 is 0 Å². The third-order valence-corrected chi connectivity index (χ3v) is 3.46. The Morgan fingerprint density at radius 2 is 2.26 bits per heavy atom. The highest BCUT2D eigenvalue weighted by atomic mass is 35.5. The predicted octanol–water partition coefficient (Wildman–Crippen LogP) is 2.46. The standard InChI is InChI=1S/C12H18ClN3O3/c1-4-12(2,5-6-13)14-11(17)10-7-9(16(18)19)8-15(10)3/h7-8H,4-6H2,1-3H3,(H,14,17). The number of halogens is 1. The number of aromatic nitrogens is 1. The average Bonchev–Trinajstić information content (AvgIpc) is 2.72. The molecular weight excluding hydrogens is 270 g/mol. The molecule has 0 fully saturated rings. The van der Waals surface area contributed by atoms with Gasteiger partial charge in [0, 0.05) is 24.5 Å². The van der Waals surface area contributed by atoms with Gasteiger partial charge in [0.25, 0.3) is 11.6 Å². The van der Waals surface area contributed by atoms with Crippen molar-refractivity contribution in [2.75, 3.05) is 5.88 Å². The predicted molar refractivity (Wildman–Crippen MR) is 73.6 cm³/mol. The Kier molecular flexibility index (Phi) is 4.94. The van der Waals surface area contributed by atoms with Gasteiger partial charge in [0.2, 0.25) is 0 Å². The number of hydrogen-bond acceptors (Lipinski definition) is 3. The van der Waals surface area contributed by atoms with Crippen LogP contribution >= 0.6 is 11.6 Å². The van der Waals surface area contributed by atoms with E-state index < -0.39 is 10.5 Å². The molecule has 0 aliphatic rings. The molecule has 0 bridgehead atoms. The molecule has 7 heteroatoms. The summed E-state index contributed by atoms with van der Waals surface area (Å²) in [6.07, 6.45) is 2.70. The first-order chi connectivity index (χ1) is 8.83. The van der Waals surface area contributed by atoms with Crippen LogP contribution in [-0.2, 0) is 7.05 Å². The first-order valence-corrected chi connectivity index (χ1v) is 6.55. The molecule has 19 heavy (non-hydrogen) atoms. The van der Waals surface area contributed by atoms with E-state index in [0.717, 1.165) is 6.42 Å². The van der Waals surface area contributed by atoms with Crippen molar-refractivity contribution in [2.24, 2.45) is 7.05 Å². The number of rotatable bonds is 6. The summed E-state index contributed by atoms with van der Waals surface area (Å²) >= 11 is 5.73. The van der Waals surface area contributed by atoms with E-state index in [4.69, 9.17) is 11.6 Å². The Labute approximate surface area is 116 Å². The Bertz CT molecular complexity index is 487. The molecule has 1 atom stereocenters. The van der Waals surface area contributed by atoms with Crippen LogP contribution in [0.15, 0.2) is 12.3 Å². The van der Waals surface area contributed by atoms with Crippen LogP contribution in [0.25, 0.3) is 0 Å². The topological polar surface area (TPSA) is 77.2 Å². The van der Waals surface area contributed by atoms with Crippen LogP contribution in [0.5, 0.6) is 0 Å². The van der Waals surface area contributed by atoms with Gasteiger partial charge in [0.05, 0.1) is 11.1 Å². The lowest BCUT2D eigenvalue weighted by Gasteiger charge is -2.28. The minimum Gasteiger partial charge on any atom is -0.346 e. The van der Waals surface area contributed by atoms with E-state index in [1.807, 2.05) is 13.8 Å². The number of nitro groups is 1. The fourth-order valence-electron chi connectivity index (χ4n) is 1.75. The summed E-state index contributed by atoms with van der Waals surface area (Å²) in [6.45, 7) is 3.87. The van der Waals surface area contributed by atoms with Crippen molar-refractivity contribution in [3.63, 3.8) is 0 Å². The van der Waals surface area contributed by atoms with Gasteiger partial charge in [-0.2, -0.15) is 0 Å². The first kappa shape index (κ1) is 15.5. The van der Waals surface area contributed by atoms with Crippen LogP contribution in [-0.4, -0.2) is 26.8 Å². The molecule has 1 aromatic rings. The first-order valence-electron chi connectivity index (χ1n) is 6.02. The zero-order valence-corrected chi connectivity index (χ0v) is 12.0. The highest BCUT2D eigenvalue weighted by Crippen LogP contribution is 2.19. The molecule has 0 saturated carbocycles. The lowest BCUT2D eigenvalue weighted by atomic mass is 9.95. The molecule has 1 amide bonds. The fraction of sp³-hybridized carbons (Fsp3) is 0.583. The summed E-state index contributed by atoms with van der Waals surface area (Å²) in [5.41, 5.74) is -0.234. The maximum absolute atomic E-state index is 12.2. The molecule has 1 heterocycles. The average molecular weight is 288 g/mol. The lowest BCUT2D eigenvalue weighted by Crippen LogP contribution is -2.46. The van der Waals surface area contributed by atoms with Crippen LogP contribution < -0.4 is 5.32 Å². The van der Waals surface area contributed by atoms with Crippen LogP contribution in [0.4, 0.5) is 5.69 Å². The molecule has 0 aliphatic heterocycles. The van der Waals surface area contributed by atoms with E-state index in [9.17, 15) is 14.9 Å². The van der Waals surface area contributed by atoms with Crippen molar-refractivity contribution < 1.29 is 9.72 Å². The number of nitrogens with zero attached hydrogens (tertiary/aromatic N) is 2. The third kappa shape index (κ3) is 3.70. The van der Waals surface area contributed by atoms with Crippen molar-refractivity contribution in [1.82, 2.24) is 9.88 Å². The van der Waals surface area contributed by atoms with Gasteiger partial charge < -0.3 is 9.88 Å². The molecule has 1 rings (SSSR count). The maximum atomic E-state index is 12.2. The Morgan fingerprint density at radius 1 is 1.63 bits per heavy atom. The zero-order valence-electron chi connectivity index (χ0n) is 11.3. The number of alkyl halides is 1. The van der Waals surface area contributed by atoms with Gasteiger partial charge >= 0.3 is 0 Å². The summed E-state index contributed by atoms with van der Waals surface area (Å²) in [7, 11) is 1.60. The van der Waals surface area contributed by atoms with Gasteiger partial charge in [0.15, 0.2) is 0 Å². The normalized spacial score (nSPS) is 13.9. The van der Waals surface area contributed by atoms with Gasteiger partial charge in [-0.1, -0.05) is 6.92 Å². The highest BCUT2D eigenvalue weighted by Gasteiger charge is 2.26. The second kappa shape index (κ2) is 6.06. The summed E-state index contributed by atoms with van der Waals surface area (Å²) in [5.74, 6) is 0.114. The van der Waals surface area contributed by atoms with Gasteiger partial charge in [-0.15, -0.1) is 11.6 Å². The van der Waals surface area contributed by atoms with E-state index in [-0.39, 0.29) is 17.3 Å². The Balaban J connectivity index is 2.91. The minimum absolute atomic E-state index is 0.0943. The zero-order chi connectivity index (χ0) is 14.6. The molecule has 0 saturated heterocycles. The van der Waals surface area contributed by atoms with Crippen molar-refractivity contribution in [1.29, 1.82) is 0 Å². The molecule has 1 aromatic heterocycles. The lowest BCUT2D eigenvalue weighted by molar-refractivity contribution is -0.384. The Hall–Kier alpha value is -1.56. The third-order valence-electron chi connectivity index (χ3n) is 3.28. The van der Waals surface area contributed by atoms with Gasteiger partial charge in [-0.3, -0.25) is 14.9 Å². The summed E-state index contributed by atoms with van der Waals surface area (Å²) in [4.78, 5) is 22.3. The van der Waals surface area contributed by atoms with Gasteiger partial charge in [-0.25, -0.2) is 0 Å². The van der Waals surface area contributed by atoms with Crippen LogP contribution in [0.1, 0.15) is 37.2 Å². The Morgan fingerprint density at radius 3 is 2.68 bits per heavy atom. The van der Waals surface area contributed by atoms with Gasteiger partial charge in [-0.05, 0) is 19.8 Å². The molecular formula is C12H18ClN3O3. The monoisotopic (exact) mass is 287 g/mol. The van der Waals surface area contributed by atoms with Crippen LogP contribution in [0, 0.1) is 10.1 Å². The van der Waals surface area contributed by atoms with E-state index in [1.54, 1.807) is 7.05 Å². The van der Waals surface area contributed by atoms with Crippen LogP contribution in [0.3, 0.4) is 0 Å². The summed E-state index contributed by atoms with van der Waals surface area (Å²) in [6, 6.07) is 1.27. The molecule has 0 aliphatic carbocycles. The molecule has 106 valence electrons. The van der Waals surface area contributed by atoms with Crippen molar-refractivity contribution in [2.45, 2.75) is 32.2 Å². The van der Waals surface area contributed by atoms with Gasteiger partial charge in [0.1, 0.15) is 5.69 Å². The number of aryl methyl sites for hydroxylation is 1. The quantitative estimate of drug-likeness (QED) is 0.496. The molecule has 0 aromatic carbocycles. The minimum atomic E-state index is -0.519. The van der Waals surface area contributed by atoms with E-state index in [0.29, 0.717) is 12.3 Å². The number of carbonyl (C=O) groups is 1. The van der Waals surface area contributed by atoms with Crippen molar-refractivity contribution in [3.8, 4) is 0 Å².